The van der Waals surface area contributed by atoms with Crippen molar-refractivity contribution in [3.63, 3.8) is 0 Å². The number of amides is 1. The van der Waals surface area contributed by atoms with Gasteiger partial charge in [-0.25, -0.2) is 13.1 Å². The molecule has 0 bridgehead atoms. The molecule has 8 nitrogen and oxygen atoms in total. The van der Waals surface area contributed by atoms with Crippen molar-refractivity contribution >= 4 is 33.2 Å². The van der Waals surface area contributed by atoms with E-state index in [1.54, 1.807) is 6.92 Å². The smallest absolute Gasteiger partial charge is 0.269 e. The van der Waals surface area contributed by atoms with Crippen molar-refractivity contribution in [2.24, 2.45) is 0 Å². The standard InChI is InChI=1S/C17H18ClN3O5S/c1-3-19-27(25,26)15-7-4-12(5-8-15)17(22)20(2)11-13-10-14(21(23)24)6-9-16(13)18/h4-10,19H,3,11H2,1-2H3. The first-order chi connectivity index (χ1) is 12.7. The average Bonchev–Trinajstić information content (AvgIpc) is 2.62. The number of carbonyl (C=O) groups excluding carboxylic acids is 1. The van der Waals surface area contributed by atoms with E-state index < -0.39 is 14.9 Å². The topological polar surface area (TPSA) is 110 Å². The highest BCUT2D eigenvalue weighted by atomic mass is 35.5. The first-order valence-corrected chi connectivity index (χ1v) is 9.80. The van der Waals surface area contributed by atoms with Crippen LogP contribution in [0.15, 0.2) is 47.4 Å². The zero-order chi connectivity index (χ0) is 20.2. The molecule has 1 amide bonds. The molecule has 0 aliphatic heterocycles. The van der Waals surface area contributed by atoms with E-state index in [2.05, 4.69) is 4.72 Å². The van der Waals surface area contributed by atoms with E-state index in [-0.39, 0.29) is 35.1 Å². The third-order valence-corrected chi connectivity index (χ3v) is 5.67. The quantitative estimate of drug-likeness (QED) is 0.556. The van der Waals surface area contributed by atoms with Crippen molar-refractivity contribution in [3.8, 4) is 0 Å². The molecule has 0 spiro atoms. The molecule has 0 aliphatic carbocycles. The minimum absolute atomic E-state index is 0.0604. The van der Waals surface area contributed by atoms with Crippen molar-refractivity contribution in [3.05, 3.63) is 68.7 Å². The summed E-state index contributed by atoms with van der Waals surface area (Å²) in [7, 11) is -2.07. The number of nitro benzene ring substituents is 1. The Labute approximate surface area is 162 Å². The van der Waals surface area contributed by atoms with Crippen LogP contribution in [-0.2, 0) is 16.6 Å². The van der Waals surface area contributed by atoms with Gasteiger partial charge in [0, 0.05) is 42.9 Å². The van der Waals surface area contributed by atoms with Crippen LogP contribution in [0.5, 0.6) is 0 Å². The minimum atomic E-state index is -3.60. The largest absolute Gasteiger partial charge is 0.337 e. The number of nitro groups is 1. The van der Waals surface area contributed by atoms with E-state index in [9.17, 15) is 23.3 Å². The zero-order valence-corrected chi connectivity index (χ0v) is 16.2. The van der Waals surface area contributed by atoms with E-state index >= 15 is 0 Å². The molecule has 0 heterocycles. The number of benzene rings is 2. The van der Waals surface area contributed by atoms with Crippen LogP contribution >= 0.6 is 11.6 Å². The Morgan fingerprint density at radius 3 is 2.41 bits per heavy atom. The number of carbonyl (C=O) groups is 1. The molecule has 27 heavy (non-hydrogen) atoms. The van der Waals surface area contributed by atoms with Gasteiger partial charge >= 0.3 is 0 Å². The Morgan fingerprint density at radius 1 is 1.22 bits per heavy atom. The lowest BCUT2D eigenvalue weighted by molar-refractivity contribution is -0.384. The minimum Gasteiger partial charge on any atom is -0.337 e. The van der Waals surface area contributed by atoms with Gasteiger partial charge in [0.2, 0.25) is 10.0 Å². The van der Waals surface area contributed by atoms with Gasteiger partial charge < -0.3 is 4.90 Å². The number of nitrogens with zero attached hydrogens (tertiary/aromatic N) is 2. The molecule has 1 N–H and O–H groups in total. The number of non-ortho nitro benzene ring substituents is 1. The molecule has 0 aliphatic rings. The summed E-state index contributed by atoms with van der Waals surface area (Å²) in [6, 6.07) is 9.54. The molecule has 144 valence electrons. The van der Waals surface area contributed by atoms with Crippen LogP contribution in [0.1, 0.15) is 22.8 Å². The highest BCUT2D eigenvalue weighted by Gasteiger charge is 2.18. The normalized spacial score (nSPS) is 11.2. The van der Waals surface area contributed by atoms with Crippen LogP contribution in [0.4, 0.5) is 5.69 Å². The van der Waals surface area contributed by atoms with E-state index in [1.807, 2.05) is 0 Å². The summed E-state index contributed by atoms with van der Waals surface area (Å²) in [4.78, 5) is 24.3. The van der Waals surface area contributed by atoms with E-state index in [1.165, 1.54) is 54.4 Å². The zero-order valence-electron chi connectivity index (χ0n) is 14.7. The molecule has 10 heteroatoms. The van der Waals surface area contributed by atoms with E-state index in [0.717, 1.165) is 0 Å². The second kappa shape index (κ2) is 8.47. The third kappa shape index (κ3) is 5.03. The van der Waals surface area contributed by atoms with Crippen molar-refractivity contribution < 1.29 is 18.1 Å². The molecule has 0 saturated carbocycles. The summed E-state index contributed by atoms with van der Waals surface area (Å²) in [5, 5.41) is 11.2. The van der Waals surface area contributed by atoms with Crippen molar-refractivity contribution in [1.82, 2.24) is 9.62 Å². The lowest BCUT2D eigenvalue weighted by atomic mass is 10.1. The van der Waals surface area contributed by atoms with Gasteiger partial charge in [-0.1, -0.05) is 18.5 Å². The molecule has 0 radical (unpaired) electrons. The Morgan fingerprint density at radius 2 is 1.85 bits per heavy atom. The van der Waals surface area contributed by atoms with Crippen LogP contribution < -0.4 is 4.72 Å². The lowest BCUT2D eigenvalue weighted by Gasteiger charge is -2.18. The summed E-state index contributed by atoms with van der Waals surface area (Å²) in [6.07, 6.45) is 0. The number of rotatable bonds is 7. The number of halogens is 1. The van der Waals surface area contributed by atoms with Gasteiger partial charge in [0.15, 0.2) is 0 Å². The summed E-state index contributed by atoms with van der Waals surface area (Å²) in [5.74, 6) is -0.370. The highest BCUT2D eigenvalue weighted by molar-refractivity contribution is 7.89. The molecule has 0 saturated heterocycles. The van der Waals surface area contributed by atoms with Crippen LogP contribution in [0.25, 0.3) is 0 Å². The van der Waals surface area contributed by atoms with E-state index in [0.29, 0.717) is 10.6 Å². The summed E-state index contributed by atoms with van der Waals surface area (Å²) in [6.45, 7) is 2.00. The molecule has 0 aromatic heterocycles. The Balaban J connectivity index is 2.18. The SMILES string of the molecule is CCNS(=O)(=O)c1ccc(C(=O)N(C)Cc2cc([N+](=O)[O-])ccc2Cl)cc1. The fraction of sp³-hybridized carbons (Fsp3) is 0.235. The van der Waals surface area contributed by atoms with Crippen LogP contribution in [0.3, 0.4) is 0 Å². The number of hydrogen-bond acceptors (Lipinski definition) is 5. The monoisotopic (exact) mass is 411 g/mol. The number of hydrogen-bond donors (Lipinski definition) is 1. The van der Waals surface area contributed by atoms with Gasteiger partial charge in [0.05, 0.1) is 9.82 Å². The fourth-order valence-electron chi connectivity index (χ4n) is 2.39. The summed E-state index contributed by atoms with van der Waals surface area (Å²) >= 11 is 6.06. The van der Waals surface area contributed by atoms with Gasteiger partial charge in [0.25, 0.3) is 11.6 Å². The average molecular weight is 412 g/mol. The first-order valence-electron chi connectivity index (χ1n) is 7.93. The molecule has 0 atom stereocenters. The third-order valence-electron chi connectivity index (χ3n) is 3.74. The maximum absolute atomic E-state index is 12.5. The maximum Gasteiger partial charge on any atom is 0.269 e. The van der Waals surface area contributed by atoms with Gasteiger partial charge in [-0.2, -0.15) is 0 Å². The van der Waals surface area contributed by atoms with Gasteiger partial charge in [-0.3, -0.25) is 14.9 Å². The molecule has 0 unspecified atom stereocenters. The van der Waals surface area contributed by atoms with Gasteiger partial charge in [-0.05, 0) is 35.9 Å². The molecule has 2 aromatic rings. The lowest BCUT2D eigenvalue weighted by Crippen LogP contribution is -2.27. The van der Waals surface area contributed by atoms with Crippen molar-refractivity contribution in [1.29, 1.82) is 0 Å². The van der Waals surface area contributed by atoms with Gasteiger partial charge in [-0.15, -0.1) is 0 Å². The second-order valence-electron chi connectivity index (χ2n) is 5.72. The predicted molar refractivity (Wildman–Crippen MR) is 101 cm³/mol. The summed E-state index contributed by atoms with van der Waals surface area (Å²) in [5.41, 5.74) is 0.607. The maximum atomic E-state index is 12.5. The fourth-order valence-corrected chi connectivity index (χ4v) is 3.61. The predicted octanol–water partition coefficient (Wildman–Crippen LogP) is 2.82. The molecule has 2 rings (SSSR count). The van der Waals surface area contributed by atoms with Crippen LogP contribution in [0, 0.1) is 10.1 Å². The molecule has 2 aromatic carbocycles. The first kappa shape index (κ1) is 20.8. The Bertz CT molecular complexity index is 961. The molecular formula is C17H18ClN3O5S. The second-order valence-corrected chi connectivity index (χ2v) is 7.89. The number of sulfonamides is 1. The van der Waals surface area contributed by atoms with Crippen molar-refractivity contribution in [2.75, 3.05) is 13.6 Å². The number of nitrogens with one attached hydrogen (secondary N) is 1. The molecular weight excluding hydrogens is 394 g/mol. The Kier molecular flexibility index (Phi) is 6.53. The van der Waals surface area contributed by atoms with Crippen LogP contribution in [-0.4, -0.2) is 37.7 Å². The van der Waals surface area contributed by atoms with Crippen LogP contribution in [0.2, 0.25) is 5.02 Å². The summed E-state index contributed by atoms with van der Waals surface area (Å²) < 4.78 is 26.2. The highest BCUT2D eigenvalue weighted by Crippen LogP contribution is 2.23. The van der Waals surface area contributed by atoms with Gasteiger partial charge in [0.1, 0.15) is 0 Å². The van der Waals surface area contributed by atoms with E-state index in [4.69, 9.17) is 11.6 Å². The molecule has 0 fully saturated rings. The Hall–Kier alpha value is -2.49. The van der Waals surface area contributed by atoms with Crippen molar-refractivity contribution in [2.45, 2.75) is 18.4 Å².